The van der Waals surface area contributed by atoms with E-state index in [1.54, 1.807) is 55.7 Å². The minimum Gasteiger partial charge on any atom is -0.497 e. The van der Waals surface area contributed by atoms with Crippen molar-refractivity contribution in [3.63, 3.8) is 0 Å². The van der Waals surface area contributed by atoms with Crippen molar-refractivity contribution in [2.24, 2.45) is 0 Å². The number of esters is 1. The normalized spacial score (nSPS) is 10.9. The zero-order valence-electron chi connectivity index (χ0n) is 18.4. The Labute approximate surface area is 195 Å². The highest BCUT2D eigenvalue weighted by Gasteiger charge is 2.13. The first-order chi connectivity index (χ1) is 16.5. The predicted molar refractivity (Wildman–Crippen MR) is 131 cm³/mol. The van der Waals surface area contributed by atoms with E-state index in [0.717, 1.165) is 10.9 Å². The van der Waals surface area contributed by atoms with Crippen LogP contribution in [0.15, 0.2) is 89.7 Å². The summed E-state index contributed by atoms with van der Waals surface area (Å²) in [6.45, 7) is -0.0472. The molecule has 4 aromatic rings. The van der Waals surface area contributed by atoms with Crippen molar-refractivity contribution in [2.75, 3.05) is 12.4 Å². The number of fused-ring (bicyclic) bond motifs is 1. The van der Waals surface area contributed by atoms with E-state index in [-0.39, 0.29) is 18.1 Å². The molecule has 1 heterocycles. The molecule has 0 radical (unpaired) electrons. The number of ether oxygens (including phenoxy) is 2. The van der Waals surface area contributed by atoms with Gasteiger partial charge in [0.05, 0.1) is 7.11 Å². The van der Waals surface area contributed by atoms with Gasteiger partial charge in [-0.1, -0.05) is 42.5 Å². The van der Waals surface area contributed by atoms with Gasteiger partial charge < -0.3 is 19.8 Å². The molecule has 7 nitrogen and oxygen atoms in total. The first-order valence-corrected chi connectivity index (χ1v) is 10.5. The molecule has 0 fully saturated rings. The number of methoxy groups -OCH3 is 1. The highest BCUT2D eigenvalue weighted by atomic mass is 16.5. The number of anilines is 1. The van der Waals surface area contributed by atoms with Gasteiger partial charge in [-0.3, -0.25) is 9.59 Å². The molecule has 1 aromatic heterocycles. The highest BCUT2D eigenvalue weighted by Crippen LogP contribution is 2.16. The minimum absolute atomic E-state index is 0.0472. The summed E-state index contributed by atoms with van der Waals surface area (Å²) in [4.78, 5) is 39.7. The molecule has 2 N–H and O–H groups in total. The van der Waals surface area contributed by atoms with Crippen LogP contribution in [-0.2, 0) is 16.1 Å². The third kappa shape index (κ3) is 5.58. The average Bonchev–Trinajstić information content (AvgIpc) is 2.86. The van der Waals surface area contributed by atoms with Crippen LogP contribution < -0.4 is 15.6 Å². The lowest BCUT2D eigenvalue weighted by atomic mass is 10.1. The molecule has 0 spiro atoms. The molecule has 1 amide bonds. The Bertz CT molecular complexity index is 1440. The van der Waals surface area contributed by atoms with Gasteiger partial charge in [-0.05, 0) is 59.0 Å². The maximum atomic E-state index is 12.5. The van der Waals surface area contributed by atoms with E-state index < -0.39 is 11.5 Å². The van der Waals surface area contributed by atoms with Crippen LogP contribution in [0.4, 0.5) is 5.69 Å². The summed E-state index contributed by atoms with van der Waals surface area (Å²) in [6.07, 6.45) is 3.11. The molecule has 0 atom stereocenters. The summed E-state index contributed by atoms with van der Waals surface area (Å²) in [5, 5.41) is 3.51. The van der Waals surface area contributed by atoms with E-state index in [4.69, 9.17) is 9.47 Å². The molecule has 0 saturated heterocycles. The second-order valence-electron chi connectivity index (χ2n) is 7.48. The molecule has 7 heteroatoms. The monoisotopic (exact) mass is 454 g/mol. The number of rotatable bonds is 7. The van der Waals surface area contributed by atoms with E-state index in [1.165, 1.54) is 12.1 Å². The van der Waals surface area contributed by atoms with Crippen molar-refractivity contribution < 1.29 is 19.1 Å². The second kappa shape index (κ2) is 10.3. The number of carbonyl (C=O) groups excluding carboxylic acids is 2. The molecule has 170 valence electrons. The molecule has 34 heavy (non-hydrogen) atoms. The van der Waals surface area contributed by atoms with Crippen LogP contribution in [0.25, 0.3) is 17.0 Å². The Balaban J connectivity index is 1.38. The predicted octanol–water partition coefficient (Wildman–Crippen LogP) is 4.55. The number of amides is 1. The second-order valence-corrected chi connectivity index (χ2v) is 7.48. The van der Waals surface area contributed by atoms with Crippen molar-refractivity contribution in [3.8, 4) is 5.75 Å². The fourth-order valence-electron chi connectivity index (χ4n) is 3.37. The number of nitrogens with one attached hydrogen (secondary N) is 2. The quantitative estimate of drug-likeness (QED) is 0.316. The van der Waals surface area contributed by atoms with Crippen LogP contribution in [-0.4, -0.2) is 24.0 Å². The molecular formula is C27H22N2O5. The molecule has 0 bridgehead atoms. The third-order valence-electron chi connectivity index (χ3n) is 5.06. The molecule has 0 aliphatic rings. The van der Waals surface area contributed by atoms with Gasteiger partial charge in [0.25, 0.3) is 5.56 Å². The summed E-state index contributed by atoms with van der Waals surface area (Å²) in [6, 6.07) is 23.0. The van der Waals surface area contributed by atoms with Crippen LogP contribution in [0.2, 0.25) is 0 Å². The Morgan fingerprint density at radius 2 is 1.79 bits per heavy atom. The molecule has 0 saturated carbocycles. The lowest BCUT2D eigenvalue weighted by molar-refractivity contribution is -0.111. The van der Waals surface area contributed by atoms with Gasteiger partial charge in [-0.15, -0.1) is 0 Å². The number of hydrogen-bond donors (Lipinski definition) is 2. The molecule has 0 aliphatic carbocycles. The van der Waals surface area contributed by atoms with E-state index in [2.05, 4.69) is 10.3 Å². The van der Waals surface area contributed by atoms with Gasteiger partial charge in [-0.25, -0.2) is 4.79 Å². The summed E-state index contributed by atoms with van der Waals surface area (Å²) < 4.78 is 10.5. The maximum absolute atomic E-state index is 12.5. The van der Waals surface area contributed by atoms with Crippen molar-refractivity contribution in [2.45, 2.75) is 6.61 Å². The SMILES string of the molecule is COc1cccc(/C=C/C(=O)Nc2cccc(COC(=O)c3cc4ccccc4[nH]c3=O)c2)c1. The molecule has 4 rings (SSSR count). The zero-order chi connectivity index (χ0) is 23.9. The number of aromatic nitrogens is 1. The number of carbonyl (C=O) groups is 2. The smallest absolute Gasteiger partial charge is 0.344 e. The van der Waals surface area contributed by atoms with Crippen LogP contribution >= 0.6 is 0 Å². The summed E-state index contributed by atoms with van der Waals surface area (Å²) >= 11 is 0. The zero-order valence-corrected chi connectivity index (χ0v) is 18.4. The van der Waals surface area contributed by atoms with Gasteiger partial charge in [0.15, 0.2) is 0 Å². The van der Waals surface area contributed by atoms with Crippen molar-refractivity contribution >= 4 is 34.5 Å². The lowest BCUT2D eigenvalue weighted by Gasteiger charge is -2.08. The van der Waals surface area contributed by atoms with Crippen LogP contribution in [0.1, 0.15) is 21.5 Å². The number of aromatic amines is 1. The van der Waals surface area contributed by atoms with E-state index in [0.29, 0.717) is 22.5 Å². The fourth-order valence-corrected chi connectivity index (χ4v) is 3.37. The lowest BCUT2D eigenvalue weighted by Crippen LogP contribution is -2.19. The Morgan fingerprint density at radius 3 is 2.65 bits per heavy atom. The highest BCUT2D eigenvalue weighted by molar-refractivity contribution is 6.02. The fraction of sp³-hybridized carbons (Fsp3) is 0.0741. The third-order valence-corrected chi connectivity index (χ3v) is 5.06. The molecule has 0 unspecified atom stereocenters. The number of para-hydroxylation sites is 1. The Kier molecular flexibility index (Phi) is 6.84. The van der Waals surface area contributed by atoms with E-state index in [9.17, 15) is 14.4 Å². The standard InChI is InChI=1S/C27H22N2O5/c1-33-22-10-5-6-18(15-22)12-13-25(30)28-21-9-4-7-19(14-21)17-34-27(32)23-16-20-8-2-3-11-24(20)29-26(23)31/h2-16H,17H2,1H3,(H,28,30)(H,29,31)/b13-12+. The number of hydrogen-bond acceptors (Lipinski definition) is 5. The van der Waals surface area contributed by atoms with Gasteiger partial charge in [0.1, 0.15) is 17.9 Å². The van der Waals surface area contributed by atoms with E-state index >= 15 is 0 Å². The van der Waals surface area contributed by atoms with Crippen LogP contribution in [0.3, 0.4) is 0 Å². The largest absolute Gasteiger partial charge is 0.497 e. The summed E-state index contributed by atoms with van der Waals surface area (Å²) in [5.74, 6) is -0.321. The van der Waals surface area contributed by atoms with Gasteiger partial charge in [0.2, 0.25) is 5.91 Å². The van der Waals surface area contributed by atoms with Crippen molar-refractivity contribution in [1.82, 2.24) is 4.98 Å². The van der Waals surface area contributed by atoms with E-state index in [1.807, 2.05) is 30.3 Å². The Morgan fingerprint density at radius 1 is 0.971 bits per heavy atom. The number of pyridine rings is 1. The first kappa shape index (κ1) is 22.5. The summed E-state index contributed by atoms with van der Waals surface area (Å²) in [7, 11) is 1.58. The number of H-pyrrole nitrogens is 1. The van der Waals surface area contributed by atoms with Crippen LogP contribution in [0, 0.1) is 0 Å². The van der Waals surface area contributed by atoms with Gasteiger partial charge >= 0.3 is 5.97 Å². The maximum Gasteiger partial charge on any atom is 0.344 e. The molecular weight excluding hydrogens is 432 g/mol. The van der Waals surface area contributed by atoms with Crippen LogP contribution in [0.5, 0.6) is 5.75 Å². The minimum atomic E-state index is -0.720. The molecule has 0 aliphatic heterocycles. The molecule has 3 aromatic carbocycles. The summed E-state index contributed by atoms with van der Waals surface area (Å²) in [5.41, 5.74) is 2.13. The van der Waals surface area contributed by atoms with Crippen molar-refractivity contribution in [1.29, 1.82) is 0 Å². The van der Waals surface area contributed by atoms with Gasteiger partial charge in [-0.2, -0.15) is 0 Å². The van der Waals surface area contributed by atoms with Gasteiger partial charge in [0, 0.05) is 17.3 Å². The topological polar surface area (TPSA) is 97.5 Å². The Hall–Kier alpha value is -4.65. The van der Waals surface area contributed by atoms with Crippen molar-refractivity contribution in [3.05, 3.63) is 112 Å². The first-order valence-electron chi connectivity index (χ1n) is 10.5. The number of benzene rings is 3. The average molecular weight is 454 g/mol.